The Labute approximate surface area is 559 Å². The molecule has 7 rings (SSSR count). The number of carbonyl (C=O) groups is 4. The van der Waals surface area contributed by atoms with Gasteiger partial charge in [0.1, 0.15) is 45.4 Å². The Bertz CT molecular complexity index is 3920. The molecule has 7 aromatic rings. The molecule has 0 aliphatic heterocycles. The highest BCUT2D eigenvalue weighted by molar-refractivity contribution is 6.07. The van der Waals surface area contributed by atoms with E-state index in [0.29, 0.717) is 78.7 Å². The molecule has 93 heavy (non-hydrogen) atoms. The normalized spacial score (nSPS) is 16.1. The van der Waals surface area contributed by atoms with Crippen molar-refractivity contribution in [3.8, 4) is 34.1 Å². The van der Waals surface area contributed by atoms with Crippen molar-refractivity contribution in [3.63, 3.8) is 0 Å². The largest absolute Gasteiger partial charge is 0.488 e. The molecule has 0 bridgehead atoms. The summed E-state index contributed by atoms with van der Waals surface area (Å²) in [6.07, 6.45) is 5.02. The van der Waals surface area contributed by atoms with Crippen LogP contribution in [0, 0.1) is 49.4 Å². The number of benzene rings is 7. The topological polar surface area (TPSA) is 105 Å². The zero-order chi connectivity index (χ0) is 69.2. The summed E-state index contributed by atoms with van der Waals surface area (Å²) in [5.41, 5.74) is 4.26. The number of ketones is 4. The molecule has 8 nitrogen and oxygen atoms in total. The van der Waals surface area contributed by atoms with E-state index in [2.05, 4.69) is 158 Å². The molecule has 0 aromatic heterocycles. The Morgan fingerprint density at radius 2 is 0.634 bits per heavy atom. The van der Waals surface area contributed by atoms with E-state index in [4.69, 9.17) is 18.9 Å². The van der Waals surface area contributed by atoms with Crippen LogP contribution in [0.3, 0.4) is 0 Å². The molecular formula is C85H110O8. The number of Topliss-reactive ketones (excluding diaryl/α,β-unsaturated/α-hetero) is 4. The lowest BCUT2D eigenvalue weighted by atomic mass is 9.66. The Morgan fingerprint density at radius 3 is 0.946 bits per heavy atom. The van der Waals surface area contributed by atoms with E-state index in [0.717, 1.165) is 62.1 Å². The first-order valence-corrected chi connectivity index (χ1v) is 34.4. The van der Waals surface area contributed by atoms with Crippen LogP contribution in [0.1, 0.15) is 265 Å². The van der Waals surface area contributed by atoms with Gasteiger partial charge in [-0.1, -0.05) is 162 Å². The highest BCUT2D eigenvalue weighted by Gasteiger charge is 2.53. The smallest absolute Gasteiger partial charge is 0.172 e. The monoisotopic (exact) mass is 1260 g/mol. The van der Waals surface area contributed by atoms with Crippen molar-refractivity contribution in [2.75, 3.05) is 0 Å². The van der Waals surface area contributed by atoms with Crippen LogP contribution in [-0.2, 0) is 5.41 Å². The lowest BCUT2D eigenvalue weighted by Crippen LogP contribution is -2.53. The highest BCUT2D eigenvalue weighted by atomic mass is 16.5. The molecule has 7 aromatic carbocycles. The van der Waals surface area contributed by atoms with Crippen molar-refractivity contribution >= 4 is 33.9 Å². The molecule has 6 unspecified atom stereocenters. The molecule has 0 saturated heterocycles. The molecule has 0 N–H and O–H groups in total. The molecule has 498 valence electrons. The standard InChI is InChI=1S/C85H110O8/c1-25-77(13,14)73(86)63-34-33-35-64(54-63)74(87)80(19,27-3)83(22,30-6)91-70-44-40-59(48-55(70)9)60-41-45-71(56(10)49-60)92-84(23,31-7)81(20,28-4)75(88)65-38-36-62-53-66(39-37-61(62)52-65)76(89)82(21,29-5)85(24,32-8)93-72-47-43-68(51-58(72)12)79(17,18)67-42-46-69(57(11)50-67)90-78(15,16)26-2/h33-54H,25-32H2,1-24H3. The zero-order valence-electron chi connectivity index (χ0n) is 61.1. The number of hydrogen-bond donors (Lipinski definition) is 0. The maximum Gasteiger partial charge on any atom is 0.172 e. The highest BCUT2D eigenvalue weighted by Crippen LogP contribution is 2.49. The van der Waals surface area contributed by atoms with E-state index < -0.39 is 38.5 Å². The van der Waals surface area contributed by atoms with Gasteiger partial charge >= 0.3 is 0 Å². The van der Waals surface area contributed by atoms with E-state index in [-0.39, 0.29) is 34.1 Å². The van der Waals surface area contributed by atoms with Crippen LogP contribution in [0.2, 0.25) is 0 Å². The number of carbonyl (C=O) groups excluding carboxylic acids is 4. The summed E-state index contributed by atoms with van der Waals surface area (Å²) in [5.74, 6) is 3.07. The fourth-order valence-electron chi connectivity index (χ4n) is 13.3. The number of aryl methyl sites for hydroxylation is 4. The van der Waals surface area contributed by atoms with Crippen LogP contribution in [0.25, 0.3) is 21.9 Å². The van der Waals surface area contributed by atoms with Crippen molar-refractivity contribution in [2.24, 2.45) is 21.7 Å². The fraction of sp³-hybridized carbons (Fsp3) is 0.482. The van der Waals surface area contributed by atoms with Gasteiger partial charge in [-0.25, -0.2) is 0 Å². The van der Waals surface area contributed by atoms with E-state index in [1.165, 1.54) is 11.1 Å². The minimum Gasteiger partial charge on any atom is -0.488 e. The summed E-state index contributed by atoms with van der Waals surface area (Å²) in [6.45, 7) is 49.7. The van der Waals surface area contributed by atoms with Gasteiger partial charge in [-0.15, -0.1) is 0 Å². The van der Waals surface area contributed by atoms with Crippen LogP contribution in [0.5, 0.6) is 23.0 Å². The average Bonchev–Trinajstić information content (AvgIpc) is 0.789. The quantitative estimate of drug-likeness (QED) is 0.0410. The van der Waals surface area contributed by atoms with Gasteiger partial charge in [0.05, 0.1) is 16.2 Å². The summed E-state index contributed by atoms with van der Waals surface area (Å²) in [5, 5.41) is 1.75. The SMILES string of the molecule is CCC(C)(C)Oc1ccc(C(C)(C)c2ccc(OC(C)(CC)C(C)(CC)C(=O)c3ccc4cc(C(=O)C(C)(CC)C(C)(CC)Oc5ccc(-c6ccc(OC(C)(CC)C(C)(CC)C(=O)c7cccc(C(=O)C(C)(C)CC)c7)c(C)c6)cc5C)ccc4c3)c(C)c2)cc1C. The molecule has 8 heteroatoms. The maximum atomic E-state index is 15.1. The summed E-state index contributed by atoms with van der Waals surface area (Å²) in [4.78, 5) is 58.4. The second kappa shape index (κ2) is 27.6. The van der Waals surface area contributed by atoms with Crippen molar-refractivity contribution in [3.05, 3.63) is 189 Å². The molecule has 6 atom stereocenters. The number of rotatable bonds is 30. The molecule has 0 heterocycles. The predicted octanol–water partition coefficient (Wildman–Crippen LogP) is 22.8. The van der Waals surface area contributed by atoms with Crippen LogP contribution in [0.15, 0.2) is 133 Å². The van der Waals surface area contributed by atoms with E-state index >= 15 is 9.59 Å². The second-order valence-electron chi connectivity index (χ2n) is 29.8. The summed E-state index contributed by atoms with van der Waals surface area (Å²) < 4.78 is 27.5. The van der Waals surface area contributed by atoms with E-state index in [1.54, 1.807) is 12.1 Å². The lowest BCUT2D eigenvalue weighted by molar-refractivity contribution is -0.0284. The molecular weight excluding hydrogens is 1150 g/mol. The number of fused-ring (bicyclic) bond motifs is 1. The van der Waals surface area contributed by atoms with Crippen LogP contribution >= 0.6 is 0 Å². The minimum atomic E-state index is -0.918. The van der Waals surface area contributed by atoms with Gasteiger partial charge in [0.15, 0.2) is 23.1 Å². The first-order valence-electron chi connectivity index (χ1n) is 34.4. The molecule has 0 aliphatic carbocycles. The maximum absolute atomic E-state index is 15.1. The second-order valence-corrected chi connectivity index (χ2v) is 29.8. The van der Waals surface area contributed by atoms with Gasteiger partial charge in [0, 0.05) is 33.1 Å². The molecule has 0 spiro atoms. The third-order valence-electron chi connectivity index (χ3n) is 23.1. The Kier molecular flexibility index (Phi) is 21.7. The first-order chi connectivity index (χ1) is 43.4. The van der Waals surface area contributed by atoms with Gasteiger partial charge in [0.2, 0.25) is 0 Å². The van der Waals surface area contributed by atoms with E-state index in [1.807, 2.05) is 130 Å². The van der Waals surface area contributed by atoms with Crippen LogP contribution in [0.4, 0.5) is 0 Å². The Morgan fingerprint density at radius 1 is 0.312 bits per heavy atom. The molecule has 0 aliphatic rings. The number of ether oxygens (including phenoxy) is 4. The first kappa shape index (κ1) is 73.1. The van der Waals surface area contributed by atoms with Crippen molar-refractivity contribution < 1.29 is 38.1 Å². The Balaban J connectivity index is 1.06. The average molecular weight is 1260 g/mol. The van der Waals surface area contributed by atoms with E-state index in [9.17, 15) is 9.59 Å². The zero-order valence-corrected chi connectivity index (χ0v) is 61.1. The van der Waals surface area contributed by atoms with Crippen molar-refractivity contribution in [1.82, 2.24) is 0 Å². The van der Waals surface area contributed by atoms with Gasteiger partial charge in [0.25, 0.3) is 0 Å². The van der Waals surface area contributed by atoms with Crippen molar-refractivity contribution in [2.45, 2.75) is 245 Å². The van der Waals surface area contributed by atoms with Gasteiger partial charge in [-0.3, -0.25) is 19.2 Å². The fourth-order valence-corrected chi connectivity index (χ4v) is 13.3. The predicted molar refractivity (Wildman–Crippen MR) is 386 cm³/mol. The van der Waals surface area contributed by atoms with Gasteiger partial charge in [-0.2, -0.15) is 0 Å². The summed E-state index contributed by atoms with van der Waals surface area (Å²) in [6, 6.07) is 44.2. The van der Waals surface area contributed by atoms with Gasteiger partial charge < -0.3 is 18.9 Å². The van der Waals surface area contributed by atoms with Crippen molar-refractivity contribution in [1.29, 1.82) is 0 Å². The summed E-state index contributed by atoms with van der Waals surface area (Å²) in [7, 11) is 0. The molecule has 0 amide bonds. The molecule has 0 fully saturated rings. The van der Waals surface area contributed by atoms with Crippen LogP contribution < -0.4 is 18.9 Å². The molecule has 0 saturated carbocycles. The van der Waals surface area contributed by atoms with Crippen LogP contribution in [-0.4, -0.2) is 45.5 Å². The minimum absolute atomic E-state index is 0.00404. The third-order valence-corrected chi connectivity index (χ3v) is 23.1. The number of hydrogen-bond acceptors (Lipinski definition) is 8. The summed E-state index contributed by atoms with van der Waals surface area (Å²) >= 11 is 0. The van der Waals surface area contributed by atoms with Gasteiger partial charge in [-0.05, 0) is 244 Å². The third kappa shape index (κ3) is 14.0. The lowest BCUT2D eigenvalue weighted by Gasteiger charge is -2.45. The molecule has 0 radical (unpaired) electrons. The Hall–Kier alpha value is -7.32.